The molecule has 0 radical (unpaired) electrons. The molecule has 21 heavy (non-hydrogen) atoms. The number of hydrogen-bond donors (Lipinski definition) is 1. The second kappa shape index (κ2) is 6.05. The van der Waals surface area contributed by atoms with E-state index in [1.165, 1.54) is 0 Å². The van der Waals surface area contributed by atoms with Crippen LogP contribution >= 0.6 is 0 Å². The van der Waals surface area contributed by atoms with Crippen molar-refractivity contribution in [1.29, 1.82) is 0 Å². The highest BCUT2D eigenvalue weighted by molar-refractivity contribution is 5.29. The third-order valence-corrected chi connectivity index (χ3v) is 3.77. The van der Waals surface area contributed by atoms with Crippen molar-refractivity contribution in [1.82, 2.24) is 20.1 Å². The maximum atomic E-state index is 12.2. The van der Waals surface area contributed by atoms with Crippen LogP contribution in [0.3, 0.4) is 0 Å². The van der Waals surface area contributed by atoms with Gasteiger partial charge in [0.2, 0.25) is 5.95 Å². The molecule has 1 N–H and O–H groups in total. The van der Waals surface area contributed by atoms with Gasteiger partial charge in [0.05, 0.1) is 0 Å². The molecular formula is C15H19N5O. The standard InChI is InChI=1S/C15H19N5O/c1-19-7-9-20(10-8-19)15-16-14(21)13(17-18-15)11-12-5-3-2-4-6-12/h2-6H,7-11H2,1H3,(H,16,18,21). The number of nitrogens with one attached hydrogen (secondary N) is 1. The van der Waals surface area contributed by atoms with Gasteiger partial charge in [0.25, 0.3) is 5.56 Å². The lowest BCUT2D eigenvalue weighted by molar-refractivity contribution is 0.310. The minimum atomic E-state index is -0.150. The van der Waals surface area contributed by atoms with Crippen molar-refractivity contribution in [3.8, 4) is 0 Å². The van der Waals surface area contributed by atoms with E-state index in [1.54, 1.807) is 0 Å². The number of aromatic amines is 1. The summed E-state index contributed by atoms with van der Waals surface area (Å²) < 4.78 is 0. The minimum Gasteiger partial charge on any atom is -0.338 e. The van der Waals surface area contributed by atoms with Crippen LogP contribution in [0.5, 0.6) is 0 Å². The molecule has 0 spiro atoms. The van der Waals surface area contributed by atoms with Crippen LogP contribution in [0.2, 0.25) is 0 Å². The molecule has 0 aliphatic carbocycles. The molecule has 0 bridgehead atoms. The van der Waals surface area contributed by atoms with Crippen LogP contribution in [0.4, 0.5) is 5.95 Å². The summed E-state index contributed by atoms with van der Waals surface area (Å²) in [6, 6.07) is 9.83. The first-order valence-corrected chi connectivity index (χ1v) is 7.15. The number of likely N-dealkylation sites (N-methyl/N-ethyl adjacent to an activating group) is 1. The Morgan fingerprint density at radius 1 is 1.10 bits per heavy atom. The molecule has 0 amide bonds. The zero-order chi connectivity index (χ0) is 14.7. The first kappa shape index (κ1) is 13.8. The zero-order valence-corrected chi connectivity index (χ0v) is 12.1. The molecule has 1 fully saturated rings. The number of benzene rings is 1. The number of aromatic nitrogens is 3. The molecular weight excluding hydrogens is 266 g/mol. The van der Waals surface area contributed by atoms with Crippen LogP contribution in [-0.2, 0) is 6.42 Å². The van der Waals surface area contributed by atoms with Gasteiger partial charge in [-0.25, -0.2) is 0 Å². The van der Waals surface area contributed by atoms with Crippen molar-refractivity contribution in [2.45, 2.75) is 6.42 Å². The number of nitrogens with zero attached hydrogens (tertiary/aromatic N) is 4. The number of H-pyrrole nitrogens is 1. The molecule has 1 saturated heterocycles. The van der Waals surface area contributed by atoms with Crippen molar-refractivity contribution in [3.63, 3.8) is 0 Å². The van der Waals surface area contributed by atoms with Crippen LogP contribution < -0.4 is 10.5 Å². The molecule has 110 valence electrons. The predicted octanol–water partition coefficient (Wildman–Crippen LogP) is 0.507. The lowest BCUT2D eigenvalue weighted by Crippen LogP contribution is -2.45. The Kier molecular flexibility index (Phi) is 3.96. The lowest BCUT2D eigenvalue weighted by atomic mass is 10.1. The van der Waals surface area contributed by atoms with Crippen LogP contribution in [-0.4, -0.2) is 53.3 Å². The molecule has 1 aromatic carbocycles. The Hall–Kier alpha value is -2.21. The average Bonchev–Trinajstić information content (AvgIpc) is 2.51. The van der Waals surface area contributed by atoms with Gasteiger partial charge in [0, 0.05) is 32.6 Å². The van der Waals surface area contributed by atoms with E-state index in [-0.39, 0.29) is 5.56 Å². The van der Waals surface area contributed by atoms with Gasteiger partial charge in [-0.3, -0.25) is 9.78 Å². The van der Waals surface area contributed by atoms with Gasteiger partial charge in [0.1, 0.15) is 5.69 Å². The fourth-order valence-electron chi connectivity index (χ4n) is 2.42. The fourth-order valence-corrected chi connectivity index (χ4v) is 2.42. The molecule has 0 saturated carbocycles. The summed E-state index contributed by atoms with van der Waals surface area (Å²) in [5, 5.41) is 8.30. The molecule has 2 heterocycles. The third-order valence-electron chi connectivity index (χ3n) is 3.77. The maximum Gasteiger partial charge on any atom is 0.274 e. The van der Waals surface area contributed by atoms with E-state index in [9.17, 15) is 4.79 Å². The van der Waals surface area contributed by atoms with E-state index in [0.717, 1.165) is 31.7 Å². The molecule has 1 aromatic heterocycles. The average molecular weight is 285 g/mol. The van der Waals surface area contributed by atoms with Gasteiger partial charge < -0.3 is 9.80 Å². The Bertz CT molecular complexity index is 647. The van der Waals surface area contributed by atoms with E-state index < -0.39 is 0 Å². The summed E-state index contributed by atoms with van der Waals surface area (Å²) in [4.78, 5) is 19.3. The van der Waals surface area contributed by atoms with Gasteiger partial charge in [-0.1, -0.05) is 30.3 Å². The van der Waals surface area contributed by atoms with Crippen LogP contribution in [0.15, 0.2) is 35.1 Å². The first-order chi connectivity index (χ1) is 10.2. The van der Waals surface area contributed by atoms with E-state index in [4.69, 9.17) is 0 Å². The molecule has 0 atom stereocenters. The summed E-state index contributed by atoms with van der Waals surface area (Å²) in [6.45, 7) is 3.66. The third kappa shape index (κ3) is 3.28. The monoisotopic (exact) mass is 285 g/mol. The second-order valence-corrected chi connectivity index (χ2v) is 5.38. The summed E-state index contributed by atoms with van der Waals surface area (Å²) in [7, 11) is 2.09. The van der Waals surface area contributed by atoms with Gasteiger partial charge in [0.15, 0.2) is 0 Å². The fraction of sp³-hybridized carbons (Fsp3) is 0.400. The number of piperazine rings is 1. The van der Waals surface area contributed by atoms with Gasteiger partial charge >= 0.3 is 0 Å². The van der Waals surface area contributed by atoms with E-state index in [2.05, 4.69) is 32.0 Å². The van der Waals surface area contributed by atoms with E-state index >= 15 is 0 Å². The molecule has 3 rings (SSSR count). The van der Waals surface area contributed by atoms with Crippen LogP contribution in [0.25, 0.3) is 0 Å². The first-order valence-electron chi connectivity index (χ1n) is 7.15. The summed E-state index contributed by atoms with van der Waals surface area (Å²) in [6.07, 6.45) is 0.506. The smallest absolute Gasteiger partial charge is 0.274 e. The Labute approximate surface area is 123 Å². The molecule has 1 aliphatic heterocycles. The zero-order valence-electron chi connectivity index (χ0n) is 12.1. The summed E-state index contributed by atoms with van der Waals surface area (Å²) >= 11 is 0. The Morgan fingerprint density at radius 3 is 2.48 bits per heavy atom. The largest absolute Gasteiger partial charge is 0.338 e. The quantitative estimate of drug-likeness (QED) is 0.890. The number of hydrogen-bond acceptors (Lipinski definition) is 5. The molecule has 6 nitrogen and oxygen atoms in total. The minimum absolute atomic E-state index is 0.150. The van der Waals surface area contributed by atoms with Crippen molar-refractivity contribution in [2.24, 2.45) is 0 Å². The molecule has 1 aliphatic rings. The van der Waals surface area contributed by atoms with Crippen molar-refractivity contribution in [3.05, 3.63) is 51.9 Å². The highest BCUT2D eigenvalue weighted by Crippen LogP contribution is 2.08. The molecule has 0 unspecified atom stereocenters. The predicted molar refractivity (Wildman–Crippen MR) is 81.6 cm³/mol. The van der Waals surface area contributed by atoms with Crippen molar-refractivity contribution in [2.75, 3.05) is 38.1 Å². The summed E-state index contributed by atoms with van der Waals surface area (Å²) in [5.74, 6) is 0.574. The highest BCUT2D eigenvalue weighted by atomic mass is 16.1. The Morgan fingerprint density at radius 2 is 1.81 bits per heavy atom. The number of rotatable bonds is 3. The lowest BCUT2D eigenvalue weighted by Gasteiger charge is -2.32. The highest BCUT2D eigenvalue weighted by Gasteiger charge is 2.17. The van der Waals surface area contributed by atoms with Crippen LogP contribution in [0.1, 0.15) is 11.3 Å². The molecule has 2 aromatic rings. The molecule has 6 heteroatoms. The van der Waals surface area contributed by atoms with Gasteiger partial charge in [-0.15, -0.1) is 10.2 Å². The maximum absolute atomic E-state index is 12.2. The van der Waals surface area contributed by atoms with Crippen LogP contribution in [0, 0.1) is 0 Å². The van der Waals surface area contributed by atoms with E-state index in [1.807, 2.05) is 30.3 Å². The van der Waals surface area contributed by atoms with Gasteiger partial charge in [-0.05, 0) is 12.6 Å². The topological polar surface area (TPSA) is 65.1 Å². The van der Waals surface area contributed by atoms with Gasteiger partial charge in [-0.2, -0.15) is 0 Å². The second-order valence-electron chi connectivity index (χ2n) is 5.38. The van der Waals surface area contributed by atoms with E-state index in [0.29, 0.717) is 18.1 Å². The Balaban J connectivity index is 1.75. The number of anilines is 1. The normalized spacial score (nSPS) is 16.1. The van der Waals surface area contributed by atoms with Crippen molar-refractivity contribution < 1.29 is 0 Å². The SMILES string of the molecule is CN1CCN(c2nnc(Cc3ccccc3)c(=O)[nH]2)CC1. The summed E-state index contributed by atoms with van der Waals surface area (Å²) in [5.41, 5.74) is 1.37. The van der Waals surface area contributed by atoms with Crippen molar-refractivity contribution >= 4 is 5.95 Å².